The number of aromatic nitrogens is 3. The van der Waals surface area contributed by atoms with E-state index >= 15 is 0 Å². The van der Waals surface area contributed by atoms with Crippen LogP contribution in [0.25, 0.3) is 11.0 Å². The van der Waals surface area contributed by atoms with E-state index < -0.39 is 0 Å². The van der Waals surface area contributed by atoms with Crippen LogP contribution in [-0.4, -0.2) is 57.1 Å². The fourth-order valence-corrected chi connectivity index (χ4v) is 6.10. The van der Waals surface area contributed by atoms with E-state index in [1.54, 1.807) is 16.7 Å². The molecule has 0 bridgehead atoms. The third kappa shape index (κ3) is 3.98. The molecule has 8 nitrogen and oxygen atoms in total. The van der Waals surface area contributed by atoms with E-state index in [2.05, 4.69) is 21.3 Å². The third-order valence-corrected chi connectivity index (χ3v) is 7.93. The highest BCUT2D eigenvalue weighted by atomic mass is 32.2. The molecule has 33 heavy (non-hydrogen) atoms. The lowest BCUT2D eigenvalue weighted by atomic mass is 10.0. The number of pyridine rings is 3. The van der Waals surface area contributed by atoms with Gasteiger partial charge in [0.2, 0.25) is 0 Å². The number of hydrogen-bond donors (Lipinski definition) is 1. The fraction of sp³-hybridized carbons (Fsp3) is 0.458. The minimum absolute atomic E-state index is 0.000207. The first-order valence-electron chi connectivity index (χ1n) is 11.6. The minimum atomic E-state index is -0.0343. The highest BCUT2D eigenvalue weighted by Gasteiger charge is 2.29. The van der Waals surface area contributed by atoms with Crippen molar-refractivity contribution in [1.29, 1.82) is 0 Å². The topological polar surface area (TPSA) is 81.4 Å². The first-order valence-corrected chi connectivity index (χ1v) is 12.6. The number of nitrogens with zero attached hydrogens (tertiary/aromatic N) is 4. The SMILES string of the molecule is O=c1ccc2ccc(=O)n3c2n1CC3CN1CCC(NCc2cc3c(cn2)OCCS3)CC1. The highest BCUT2D eigenvalue weighted by molar-refractivity contribution is 7.99. The lowest BCUT2D eigenvalue weighted by molar-refractivity contribution is 0.171. The molecule has 6 rings (SSSR count). The molecule has 9 heteroatoms. The summed E-state index contributed by atoms with van der Waals surface area (Å²) in [5.74, 6) is 1.89. The van der Waals surface area contributed by atoms with Crippen molar-refractivity contribution in [2.75, 3.05) is 32.0 Å². The summed E-state index contributed by atoms with van der Waals surface area (Å²) in [6, 6.07) is 9.43. The molecular formula is C24H27N5O3S. The van der Waals surface area contributed by atoms with E-state index in [1.165, 1.54) is 4.90 Å². The molecule has 0 amide bonds. The molecule has 0 spiro atoms. The van der Waals surface area contributed by atoms with Crippen molar-refractivity contribution in [3.8, 4) is 5.75 Å². The van der Waals surface area contributed by atoms with E-state index in [9.17, 15) is 9.59 Å². The van der Waals surface area contributed by atoms with E-state index in [0.717, 1.165) is 73.9 Å². The summed E-state index contributed by atoms with van der Waals surface area (Å²) >= 11 is 1.83. The van der Waals surface area contributed by atoms with Gasteiger partial charge in [-0.05, 0) is 44.1 Å². The van der Waals surface area contributed by atoms with Gasteiger partial charge >= 0.3 is 0 Å². The van der Waals surface area contributed by atoms with Crippen LogP contribution in [0.4, 0.5) is 0 Å². The summed E-state index contributed by atoms with van der Waals surface area (Å²) in [4.78, 5) is 33.2. The third-order valence-electron chi connectivity index (χ3n) is 6.93. The molecule has 3 aromatic rings. The van der Waals surface area contributed by atoms with Gasteiger partial charge in [0.05, 0.1) is 29.4 Å². The van der Waals surface area contributed by atoms with E-state index in [0.29, 0.717) is 12.6 Å². The lowest BCUT2D eigenvalue weighted by Crippen LogP contribution is -2.44. The van der Waals surface area contributed by atoms with Crippen molar-refractivity contribution >= 4 is 22.8 Å². The van der Waals surface area contributed by atoms with Gasteiger partial charge in [-0.3, -0.25) is 23.7 Å². The number of ether oxygens (including phenoxy) is 1. The molecule has 0 radical (unpaired) electrons. The summed E-state index contributed by atoms with van der Waals surface area (Å²) in [7, 11) is 0. The van der Waals surface area contributed by atoms with Gasteiger partial charge in [0.25, 0.3) is 11.1 Å². The standard InChI is InChI=1S/C24H27N5O3S/c30-22-3-1-16-2-4-23(31)29-19(15-28(22)24(16)29)14-27-7-5-17(6-8-27)25-12-18-11-21-20(13-26-18)32-9-10-33-21/h1-4,11,13,17,19,25H,5-10,12,14-15H2. The predicted molar refractivity (Wildman–Crippen MR) is 128 cm³/mol. The Morgan fingerprint density at radius 1 is 1.12 bits per heavy atom. The zero-order valence-electron chi connectivity index (χ0n) is 18.4. The average molecular weight is 466 g/mol. The maximum absolute atomic E-state index is 12.6. The van der Waals surface area contributed by atoms with Crippen molar-refractivity contribution in [2.45, 2.75) is 42.9 Å². The van der Waals surface area contributed by atoms with Crippen molar-refractivity contribution < 1.29 is 4.74 Å². The quantitative estimate of drug-likeness (QED) is 0.616. The van der Waals surface area contributed by atoms with Crippen LogP contribution in [0.3, 0.4) is 0 Å². The Morgan fingerprint density at radius 3 is 2.79 bits per heavy atom. The lowest BCUT2D eigenvalue weighted by Gasteiger charge is -2.34. The molecule has 172 valence electrons. The zero-order chi connectivity index (χ0) is 22.4. The second kappa shape index (κ2) is 8.62. The predicted octanol–water partition coefficient (Wildman–Crippen LogP) is 1.85. The Labute approximate surface area is 195 Å². The normalized spacial score (nSPS) is 20.7. The largest absolute Gasteiger partial charge is 0.490 e. The Hall–Kier alpha value is -2.62. The summed E-state index contributed by atoms with van der Waals surface area (Å²) in [5, 5.41) is 4.61. The van der Waals surface area contributed by atoms with E-state index in [4.69, 9.17) is 4.74 Å². The molecule has 0 saturated carbocycles. The smallest absolute Gasteiger partial charge is 0.252 e. The van der Waals surface area contributed by atoms with Crippen LogP contribution < -0.4 is 21.2 Å². The molecule has 1 unspecified atom stereocenters. The Kier molecular flexibility index (Phi) is 5.48. The molecule has 6 heterocycles. The van der Waals surface area contributed by atoms with Crippen molar-refractivity contribution in [1.82, 2.24) is 24.3 Å². The van der Waals surface area contributed by atoms with E-state index in [-0.39, 0.29) is 17.2 Å². The Morgan fingerprint density at radius 2 is 1.94 bits per heavy atom. The van der Waals surface area contributed by atoms with Crippen molar-refractivity contribution in [2.24, 2.45) is 0 Å². The van der Waals surface area contributed by atoms with Crippen LogP contribution in [0, 0.1) is 0 Å². The van der Waals surface area contributed by atoms with Crippen LogP contribution in [-0.2, 0) is 13.1 Å². The Bertz CT molecular complexity index is 1310. The van der Waals surface area contributed by atoms with E-state index in [1.807, 2.05) is 34.7 Å². The first kappa shape index (κ1) is 20.9. The molecular weight excluding hydrogens is 438 g/mol. The van der Waals surface area contributed by atoms with Crippen molar-refractivity contribution in [3.05, 3.63) is 62.9 Å². The van der Waals surface area contributed by atoms with Gasteiger partial charge in [-0.1, -0.05) is 0 Å². The second-order valence-corrected chi connectivity index (χ2v) is 10.2. The van der Waals surface area contributed by atoms with Gasteiger partial charge in [-0.25, -0.2) is 0 Å². The molecule has 1 atom stereocenters. The number of hydrogen-bond acceptors (Lipinski definition) is 7. The second-order valence-electron chi connectivity index (χ2n) is 9.03. The molecule has 0 aliphatic carbocycles. The fourth-order valence-electron chi connectivity index (χ4n) is 5.24. The minimum Gasteiger partial charge on any atom is -0.490 e. The van der Waals surface area contributed by atoms with Gasteiger partial charge in [0, 0.05) is 48.9 Å². The van der Waals surface area contributed by atoms with Crippen LogP contribution in [0.5, 0.6) is 5.75 Å². The number of thioether (sulfide) groups is 1. The summed E-state index contributed by atoms with van der Waals surface area (Å²) in [6.45, 7) is 4.83. The maximum atomic E-state index is 12.6. The molecule has 3 aromatic heterocycles. The summed E-state index contributed by atoms with van der Waals surface area (Å²) in [6.07, 6.45) is 3.96. The van der Waals surface area contributed by atoms with Crippen LogP contribution in [0.2, 0.25) is 0 Å². The average Bonchev–Trinajstić information content (AvgIpc) is 3.23. The maximum Gasteiger partial charge on any atom is 0.252 e. The first-order chi connectivity index (χ1) is 16.2. The molecule has 0 aromatic carbocycles. The number of fused-ring (bicyclic) bond motifs is 1. The van der Waals surface area contributed by atoms with Crippen LogP contribution in [0.1, 0.15) is 24.6 Å². The summed E-state index contributed by atoms with van der Waals surface area (Å²) in [5.41, 5.74) is 1.75. The molecule has 1 fully saturated rings. The van der Waals surface area contributed by atoms with Crippen LogP contribution in [0.15, 0.2) is 51.0 Å². The molecule has 1 saturated heterocycles. The number of piperidine rings is 1. The molecule has 3 aliphatic heterocycles. The Balaban J connectivity index is 1.06. The van der Waals surface area contributed by atoms with Gasteiger partial charge in [0.15, 0.2) is 5.75 Å². The van der Waals surface area contributed by atoms with Crippen molar-refractivity contribution in [3.63, 3.8) is 0 Å². The highest BCUT2D eigenvalue weighted by Crippen LogP contribution is 2.32. The monoisotopic (exact) mass is 465 g/mol. The van der Waals surface area contributed by atoms with Gasteiger partial charge in [-0.15, -0.1) is 11.8 Å². The number of nitrogens with one attached hydrogen (secondary N) is 1. The molecule has 3 aliphatic rings. The van der Waals surface area contributed by atoms with Crippen LogP contribution >= 0.6 is 11.8 Å². The van der Waals surface area contributed by atoms with Gasteiger partial charge < -0.3 is 15.0 Å². The van der Waals surface area contributed by atoms with Gasteiger partial charge in [0.1, 0.15) is 5.65 Å². The summed E-state index contributed by atoms with van der Waals surface area (Å²) < 4.78 is 9.22. The van der Waals surface area contributed by atoms with Gasteiger partial charge in [-0.2, -0.15) is 0 Å². The number of likely N-dealkylation sites (tertiary alicyclic amines) is 1. The zero-order valence-corrected chi connectivity index (χ0v) is 19.2. The number of rotatable bonds is 5. The molecule has 1 N–H and O–H groups in total.